The summed E-state index contributed by atoms with van der Waals surface area (Å²) in [4.78, 5) is 0. The lowest BCUT2D eigenvalue weighted by atomic mass is 9.84. The summed E-state index contributed by atoms with van der Waals surface area (Å²) in [5.74, 6) is 3.79. The fourth-order valence-electron chi connectivity index (χ4n) is 2.66. The molecule has 0 unspecified atom stereocenters. The van der Waals surface area contributed by atoms with Gasteiger partial charge in [0.15, 0.2) is 0 Å². The van der Waals surface area contributed by atoms with Gasteiger partial charge in [0.05, 0.1) is 0 Å². The van der Waals surface area contributed by atoms with Crippen LogP contribution < -0.4 is 4.74 Å². The summed E-state index contributed by atoms with van der Waals surface area (Å²) < 4.78 is 5.63. The molecule has 1 aliphatic carbocycles. The van der Waals surface area contributed by atoms with Gasteiger partial charge in [-0.25, -0.2) is 0 Å². The van der Waals surface area contributed by atoms with Crippen LogP contribution in [0.3, 0.4) is 0 Å². The Kier molecular flexibility index (Phi) is 6.51. The van der Waals surface area contributed by atoms with Crippen molar-refractivity contribution >= 4 is 0 Å². The van der Waals surface area contributed by atoms with Crippen molar-refractivity contribution in [3.63, 3.8) is 0 Å². The summed E-state index contributed by atoms with van der Waals surface area (Å²) in [5.41, 5.74) is 1.24. The van der Waals surface area contributed by atoms with E-state index in [1.165, 1.54) is 31.2 Å². The van der Waals surface area contributed by atoms with Gasteiger partial charge in [-0.15, -0.1) is 0 Å². The standard InChI is InChI=1S/C13H12O.C8H16/c1-11-7-9-13(10-8-11)14-12-5-3-2-4-6-12;1-7-3-5-8(2)6-4-7/h2-10H,1H3;7-8H,3-6H2,1-2H3. The minimum atomic E-state index is 0.872. The van der Waals surface area contributed by atoms with Gasteiger partial charge in [-0.05, 0) is 43.0 Å². The van der Waals surface area contributed by atoms with Crippen molar-refractivity contribution in [1.29, 1.82) is 0 Å². The van der Waals surface area contributed by atoms with Crippen LogP contribution in [-0.4, -0.2) is 0 Å². The molecule has 0 saturated heterocycles. The highest BCUT2D eigenvalue weighted by Gasteiger charge is 2.13. The van der Waals surface area contributed by atoms with Crippen LogP contribution in [0.2, 0.25) is 0 Å². The molecular weight excluding hydrogens is 268 g/mol. The molecule has 0 amide bonds. The second kappa shape index (κ2) is 8.63. The lowest BCUT2D eigenvalue weighted by molar-refractivity contribution is 0.308. The Morgan fingerprint density at radius 1 is 0.682 bits per heavy atom. The monoisotopic (exact) mass is 296 g/mol. The molecule has 0 spiro atoms. The van der Waals surface area contributed by atoms with Gasteiger partial charge in [-0.1, -0.05) is 75.4 Å². The molecular formula is C21H28O. The molecule has 1 fully saturated rings. The normalized spacial score (nSPS) is 20.7. The third-order valence-corrected chi connectivity index (χ3v) is 4.30. The number of hydrogen-bond acceptors (Lipinski definition) is 1. The maximum atomic E-state index is 5.63. The van der Waals surface area contributed by atoms with Crippen LogP contribution >= 0.6 is 0 Å². The second-order valence-corrected chi connectivity index (χ2v) is 6.59. The van der Waals surface area contributed by atoms with E-state index in [1.54, 1.807) is 0 Å². The van der Waals surface area contributed by atoms with Crippen LogP contribution in [-0.2, 0) is 0 Å². The van der Waals surface area contributed by atoms with E-state index >= 15 is 0 Å². The molecule has 0 atom stereocenters. The summed E-state index contributed by atoms with van der Waals surface area (Å²) in [6.45, 7) is 6.80. The second-order valence-electron chi connectivity index (χ2n) is 6.59. The van der Waals surface area contributed by atoms with E-state index in [2.05, 4.69) is 20.8 Å². The van der Waals surface area contributed by atoms with Crippen LogP contribution in [0.1, 0.15) is 45.1 Å². The maximum absolute atomic E-state index is 5.63. The van der Waals surface area contributed by atoms with E-state index in [0.717, 1.165) is 23.3 Å². The first kappa shape index (κ1) is 16.6. The molecule has 2 aromatic rings. The summed E-state index contributed by atoms with van der Waals surface area (Å²) in [6, 6.07) is 17.8. The van der Waals surface area contributed by atoms with Crippen molar-refractivity contribution in [2.45, 2.75) is 46.5 Å². The van der Waals surface area contributed by atoms with Crippen molar-refractivity contribution in [3.8, 4) is 11.5 Å². The average Bonchev–Trinajstić information content (AvgIpc) is 2.54. The van der Waals surface area contributed by atoms with Gasteiger partial charge >= 0.3 is 0 Å². The third-order valence-electron chi connectivity index (χ3n) is 4.30. The zero-order valence-electron chi connectivity index (χ0n) is 14.1. The molecule has 0 radical (unpaired) electrons. The molecule has 0 heterocycles. The molecule has 0 aliphatic heterocycles. The Labute approximate surface area is 135 Å². The zero-order chi connectivity index (χ0) is 15.8. The summed E-state index contributed by atoms with van der Waals surface area (Å²) in [5, 5.41) is 0. The topological polar surface area (TPSA) is 9.23 Å². The van der Waals surface area contributed by atoms with Crippen molar-refractivity contribution in [3.05, 3.63) is 60.2 Å². The number of benzene rings is 2. The Morgan fingerprint density at radius 3 is 1.64 bits per heavy atom. The number of rotatable bonds is 2. The largest absolute Gasteiger partial charge is 0.457 e. The minimum absolute atomic E-state index is 0.872. The van der Waals surface area contributed by atoms with Gasteiger partial charge in [0.2, 0.25) is 0 Å². The van der Waals surface area contributed by atoms with E-state index in [9.17, 15) is 0 Å². The highest BCUT2D eigenvalue weighted by atomic mass is 16.5. The highest BCUT2D eigenvalue weighted by Crippen LogP contribution is 2.27. The highest BCUT2D eigenvalue weighted by molar-refractivity contribution is 5.32. The van der Waals surface area contributed by atoms with Crippen LogP contribution in [0.25, 0.3) is 0 Å². The Morgan fingerprint density at radius 2 is 1.14 bits per heavy atom. The van der Waals surface area contributed by atoms with Crippen LogP contribution in [0.15, 0.2) is 54.6 Å². The summed E-state index contributed by atoms with van der Waals surface area (Å²) in [6.07, 6.45) is 5.89. The molecule has 0 aromatic heterocycles. The zero-order valence-corrected chi connectivity index (χ0v) is 14.1. The number of hydrogen-bond donors (Lipinski definition) is 0. The van der Waals surface area contributed by atoms with Gasteiger partial charge < -0.3 is 4.74 Å². The summed E-state index contributed by atoms with van der Waals surface area (Å²) in [7, 11) is 0. The number of aryl methyl sites for hydroxylation is 1. The van der Waals surface area contributed by atoms with Gasteiger partial charge in [-0.3, -0.25) is 0 Å². The van der Waals surface area contributed by atoms with Crippen molar-refractivity contribution in [1.82, 2.24) is 0 Å². The lowest BCUT2D eigenvalue weighted by Crippen LogP contribution is -2.08. The summed E-state index contributed by atoms with van der Waals surface area (Å²) >= 11 is 0. The first-order valence-corrected chi connectivity index (χ1v) is 8.43. The van der Waals surface area contributed by atoms with Crippen molar-refractivity contribution in [2.75, 3.05) is 0 Å². The number of ether oxygens (including phenoxy) is 1. The van der Waals surface area contributed by atoms with E-state index in [4.69, 9.17) is 4.74 Å². The van der Waals surface area contributed by atoms with E-state index in [0.29, 0.717) is 0 Å². The van der Waals surface area contributed by atoms with Crippen LogP contribution in [0.4, 0.5) is 0 Å². The fourth-order valence-corrected chi connectivity index (χ4v) is 2.66. The maximum Gasteiger partial charge on any atom is 0.127 e. The Balaban J connectivity index is 0.000000188. The molecule has 1 saturated carbocycles. The predicted octanol–water partition coefficient (Wildman–Crippen LogP) is 6.62. The fraction of sp³-hybridized carbons (Fsp3) is 0.429. The molecule has 2 aromatic carbocycles. The average molecular weight is 296 g/mol. The van der Waals surface area contributed by atoms with E-state index < -0.39 is 0 Å². The quantitative estimate of drug-likeness (QED) is 0.605. The molecule has 118 valence electrons. The van der Waals surface area contributed by atoms with Gasteiger partial charge in [0.25, 0.3) is 0 Å². The smallest absolute Gasteiger partial charge is 0.127 e. The van der Waals surface area contributed by atoms with Crippen LogP contribution in [0, 0.1) is 18.8 Å². The Hall–Kier alpha value is -1.76. The molecule has 0 N–H and O–H groups in total. The van der Waals surface area contributed by atoms with Gasteiger partial charge in [0.1, 0.15) is 11.5 Å². The first-order chi connectivity index (χ1) is 10.6. The first-order valence-electron chi connectivity index (χ1n) is 8.43. The molecule has 3 rings (SSSR count). The van der Waals surface area contributed by atoms with E-state index in [-0.39, 0.29) is 0 Å². The van der Waals surface area contributed by atoms with Gasteiger partial charge in [-0.2, -0.15) is 0 Å². The molecule has 22 heavy (non-hydrogen) atoms. The van der Waals surface area contributed by atoms with E-state index in [1.807, 2.05) is 54.6 Å². The molecule has 0 bridgehead atoms. The predicted molar refractivity (Wildman–Crippen MR) is 94.5 cm³/mol. The minimum Gasteiger partial charge on any atom is -0.457 e. The van der Waals surface area contributed by atoms with Crippen molar-refractivity contribution < 1.29 is 4.74 Å². The lowest BCUT2D eigenvalue weighted by Gasteiger charge is -2.22. The van der Waals surface area contributed by atoms with Crippen molar-refractivity contribution in [2.24, 2.45) is 11.8 Å². The Bertz CT molecular complexity index is 512. The SMILES string of the molecule is CC1CCC(C)CC1.Cc1ccc(Oc2ccccc2)cc1. The molecule has 1 nitrogen and oxygen atoms in total. The third kappa shape index (κ3) is 5.93. The van der Waals surface area contributed by atoms with Crippen LogP contribution in [0.5, 0.6) is 11.5 Å². The number of para-hydroxylation sites is 1. The molecule has 1 heteroatoms. The molecule has 1 aliphatic rings. The van der Waals surface area contributed by atoms with Gasteiger partial charge in [0, 0.05) is 0 Å².